The summed E-state index contributed by atoms with van der Waals surface area (Å²) in [5, 5.41) is 3.21. The molecule has 0 spiro atoms. The van der Waals surface area contributed by atoms with E-state index in [1.54, 1.807) is 17.0 Å². The molecule has 20 heavy (non-hydrogen) atoms. The molecule has 0 fully saturated rings. The molecule has 0 atom stereocenters. The highest BCUT2D eigenvalue weighted by Gasteiger charge is 2.33. The Morgan fingerprint density at radius 1 is 1.25 bits per heavy atom. The van der Waals surface area contributed by atoms with E-state index in [-0.39, 0.29) is 24.1 Å². The SMILES string of the molecule is O=C1NCC(=O)N(Cc2ccc(Cl)cc2)C2=C1OCC2. The molecule has 0 unspecified atom stereocenters. The number of rotatable bonds is 2. The van der Waals surface area contributed by atoms with Crippen molar-refractivity contribution in [3.8, 4) is 0 Å². The Labute approximate surface area is 121 Å². The summed E-state index contributed by atoms with van der Waals surface area (Å²) in [6.07, 6.45) is 0.572. The molecule has 1 aromatic carbocycles. The number of nitrogens with one attached hydrogen (secondary N) is 1. The maximum absolute atomic E-state index is 12.2. The highest BCUT2D eigenvalue weighted by Crippen LogP contribution is 2.26. The first-order chi connectivity index (χ1) is 9.65. The summed E-state index contributed by atoms with van der Waals surface area (Å²) in [6.45, 7) is 0.832. The van der Waals surface area contributed by atoms with Crippen LogP contribution in [-0.4, -0.2) is 29.9 Å². The molecule has 1 aromatic rings. The Morgan fingerprint density at radius 2 is 2.00 bits per heavy atom. The summed E-state index contributed by atoms with van der Waals surface area (Å²) in [4.78, 5) is 25.6. The Bertz CT molecular complexity index is 595. The molecule has 104 valence electrons. The van der Waals surface area contributed by atoms with Gasteiger partial charge in [-0.05, 0) is 17.7 Å². The molecule has 3 rings (SSSR count). The van der Waals surface area contributed by atoms with Gasteiger partial charge in [-0.25, -0.2) is 0 Å². The second-order valence-corrected chi connectivity index (χ2v) is 5.10. The summed E-state index contributed by atoms with van der Waals surface area (Å²) >= 11 is 5.85. The first-order valence-corrected chi connectivity index (χ1v) is 6.72. The lowest BCUT2D eigenvalue weighted by molar-refractivity contribution is -0.130. The van der Waals surface area contributed by atoms with Gasteiger partial charge in [0.1, 0.15) is 0 Å². The van der Waals surface area contributed by atoms with Crippen LogP contribution in [0.5, 0.6) is 0 Å². The molecule has 6 heteroatoms. The van der Waals surface area contributed by atoms with E-state index in [4.69, 9.17) is 16.3 Å². The summed E-state index contributed by atoms with van der Waals surface area (Å²) in [6, 6.07) is 7.30. The van der Waals surface area contributed by atoms with Crippen LogP contribution in [0, 0.1) is 0 Å². The molecule has 2 aliphatic heterocycles. The Hall–Kier alpha value is -2.01. The van der Waals surface area contributed by atoms with Crippen molar-refractivity contribution in [2.24, 2.45) is 0 Å². The number of amides is 2. The number of carbonyl (C=O) groups excluding carboxylic acids is 2. The van der Waals surface area contributed by atoms with Crippen molar-refractivity contribution in [1.82, 2.24) is 10.2 Å². The molecular formula is C14H13ClN2O3. The molecule has 0 aromatic heterocycles. The van der Waals surface area contributed by atoms with Gasteiger partial charge in [0.2, 0.25) is 11.7 Å². The Kier molecular flexibility index (Phi) is 3.36. The number of hydrogen-bond donors (Lipinski definition) is 1. The van der Waals surface area contributed by atoms with Gasteiger partial charge in [0, 0.05) is 11.4 Å². The largest absolute Gasteiger partial charge is 0.486 e. The molecular weight excluding hydrogens is 280 g/mol. The molecule has 0 radical (unpaired) electrons. The maximum Gasteiger partial charge on any atom is 0.288 e. The number of nitrogens with zero attached hydrogens (tertiary/aromatic N) is 1. The molecule has 2 aliphatic rings. The van der Waals surface area contributed by atoms with Gasteiger partial charge in [-0.1, -0.05) is 23.7 Å². The van der Waals surface area contributed by atoms with E-state index in [0.29, 0.717) is 30.3 Å². The smallest absolute Gasteiger partial charge is 0.288 e. The van der Waals surface area contributed by atoms with Gasteiger partial charge in [-0.3, -0.25) is 9.59 Å². The average Bonchev–Trinajstić information content (AvgIpc) is 2.89. The van der Waals surface area contributed by atoms with E-state index in [1.165, 1.54) is 0 Å². The van der Waals surface area contributed by atoms with Crippen LogP contribution < -0.4 is 5.32 Å². The van der Waals surface area contributed by atoms with Crippen LogP contribution in [0.2, 0.25) is 5.02 Å². The van der Waals surface area contributed by atoms with E-state index in [9.17, 15) is 9.59 Å². The fraction of sp³-hybridized carbons (Fsp3) is 0.286. The van der Waals surface area contributed by atoms with Crippen LogP contribution in [0.4, 0.5) is 0 Å². The van der Waals surface area contributed by atoms with Crippen molar-refractivity contribution < 1.29 is 14.3 Å². The number of halogens is 1. The summed E-state index contributed by atoms with van der Waals surface area (Å²) < 4.78 is 5.34. The third-order valence-corrected chi connectivity index (χ3v) is 3.59. The first-order valence-electron chi connectivity index (χ1n) is 6.34. The van der Waals surface area contributed by atoms with Gasteiger partial charge in [0.05, 0.1) is 25.4 Å². The predicted octanol–water partition coefficient (Wildman–Crippen LogP) is 1.43. The van der Waals surface area contributed by atoms with Gasteiger partial charge < -0.3 is 15.0 Å². The summed E-state index contributed by atoms with van der Waals surface area (Å²) in [5.74, 6) is -0.182. The lowest BCUT2D eigenvalue weighted by Gasteiger charge is -2.21. The van der Waals surface area contributed by atoms with E-state index in [1.807, 2.05) is 12.1 Å². The lowest BCUT2D eigenvalue weighted by Crippen LogP contribution is -2.35. The molecule has 0 bridgehead atoms. The van der Waals surface area contributed by atoms with Gasteiger partial charge in [0.25, 0.3) is 5.91 Å². The average molecular weight is 293 g/mol. The fourth-order valence-electron chi connectivity index (χ4n) is 2.34. The van der Waals surface area contributed by atoms with E-state index in [2.05, 4.69) is 5.32 Å². The Balaban J connectivity index is 1.91. The third-order valence-electron chi connectivity index (χ3n) is 3.33. The van der Waals surface area contributed by atoms with Gasteiger partial charge in [-0.15, -0.1) is 0 Å². The minimum atomic E-state index is -0.315. The second kappa shape index (κ2) is 5.17. The maximum atomic E-state index is 12.2. The minimum absolute atomic E-state index is 0.0111. The Morgan fingerprint density at radius 3 is 2.75 bits per heavy atom. The van der Waals surface area contributed by atoms with Crippen molar-refractivity contribution in [2.75, 3.05) is 13.2 Å². The highest BCUT2D eigenvalue weighted by molar-refractivity contribution is 6.30. The number of benzene rings is 1. The van der Waals surface area contributed by atoms with E-state index in [0.717, 1.165) is 5.56 Å². The van der Waals surface area contributed by atoms with Crippen molar-refractivity contribution in [3.05, 3.63) is 46.3 Å². The van der Waals surface area contributed by atoms with Crippen LogP contribution in [0.25, 0.3) is 0 Å². The molecule has 0 aliphatic carbocycles. The van der Waals surface area contributed by atoms with E-state index >= 15 is 0 Å². The summed E-state index contributed by atoms with van der Waals surface area (Å²) in [7, 11) is 0. The normalized spacial score (nSPS) is 18.6. The molecule has 1 N–H and O–H groups in total. The van der Waals surface area contributed by atoms with Crippen molar-refractivity contribution in [3.63, 3.8) is 0 Å². The van der Waals surface area contributed by atoms with E-state index < -0.39 is 0 Å². The zero-order valence-corrected chi connectivity index (χ0v) is 11.4. The van der Waals surface area contributed by atoms with Crippen LogP contribution >= 0.6 is 11.6 Å². The highest BCUT2D eigenvalue weighted by atomic mass is 35.5. The molecule has 2 amide bonds. The fourth-order valence-corrected chi connectivity index (χ4v) is 2.46. The monoisotopic (exact) mass is 292 g/mol. The number of hydrogen-bond acceptors (Lipinski definition) is 3. The summed E-state index contributed by atoms with van der Waals surface area (Å²) in [5.41, 5.74) is 1.62. The van der Waals surface area contributed by atoms with Crippen LogP contribution in [0.15, 0.2) is 35.7 Å². The standard InChI is InChI=1S/C14H13ClN2O3/c15-10-3-1-9(2-4-10)8-17-11-5-6-20-13(11)14(19)16-7-12(17)18/h1-4H,5-8H2,(H,16,19). The predicted molar refractivity (Wildman–Crippen MR) is 72.6 cm³/mol. The van der Waals surface area contributed by atoms with Gasteiger partial charge in [-0.2, -0.15) is 0 Å². The van der Waals surface area contributed by atoms with Crippen molar-refractivity contribution in [1.29, 1.82) is 0 Å². The topological polar surface area (TPSA) is 58.6 Å². The zero-order valence-electron chi connectivity index (χ0n) is 10.7. The van der Waals surface area contributed by atoms with Crippen molar-refractivity contribution in [2.45, 2.75) is 13.0 Å². The van der Waals surface area contributed by atoms with Crippen LogP contribution in [0.1, 0.15) is 12.0 Å². The zero-order chi connectivity index (χ0) is 14.1. The minimum Gasteiger partial charge on any atom is -0.486 e. The third kappa shape index (κ3) is 2.36. The lowest BCUT2D eigenvalue weighted by atomic mass is 10.2. The van der Waals surface area contributed by atoms with Gasteiger partial charge in [0.15, 0.2) is 0 Å². The second-order valence-electron chi connectivity index (χ2n) is 4.66. The molecule has 5 nitrogen and oxygen atoms in total. The first kappa shape index (κ1) is 13.0. The van der Waals surface area contributed by atoms with Crippen LogP contribution in [0.3, 0.4) is 0 Å². The number of carbonyl (C=O) groups is 2. The van der Waals surface area contributed by atoms with Crippen molar-refractivity contribution >= 4 is 23.4 Å². The number of ether oxygens (including phenoxy) is 1. The van der Waals surface area contributed by atoms with Crippen LogP contribution in [-0.2, 0) is 20.9 Å². The quantitative estimate of drug-likeness (QED) is 0.897. The molecule has 0 saturated carbocycles. The molecule has 0 saturated heterocycles. The molecule has 2 heterocycles. The van der Waals surface area contributed by atoms with Gasteiger partial charge >= 0.3 is 0 Å².